The minimum Gasteiger partial charge on any atom is -0.372 e. The summed E-state index contributed by atoms with van der Waals surface area (Å²) in [6.07, 6.45) is 1.94. The molecule has 2 fully saturated rings. The minimum absolute atomic E-state index is 0.0742. The van der Waals surface area contributed by atoms with Crippen LogP contribution in [0.5, 0.6) is 0 Å². The molecule has 0 bridgehead atoms. The predicted molar refractivity (Wildman–Crippen MR) is 163 cm³/mol. The molecule has 0 aliphatic carbocycles. The van der Waals surface area contributed by atoms with Crippen molar-refractivity contribution >= 4 is 21.6 Å². The summed E-state index contributed by atoms with van der Waals surface area (Å²) in [4.78, 5) is 17.6. The van der Waals surface area contributed by atoms with Crippen LogP contribution in [0.15, 0.2) is 83.8 Å². The number of benzene rings is 3. The highest BCUT2D eigenvalue weighted by Crippen LogP contribution is 2.36. The van der Waals surface area contributed by atoms with E-state index in [1.54, 1.807) is 16.4 Å². The molecule has 0 saturated carbocycles. The third-order valence-corrected chi connectivity index (χ3v) is 10.3. The number of carbonyl (C=O) groups is 1. The van der Waals surface area contributed by atoms with Gasteiger partial charge in [-0.15, -0.1) is 0 Å². The summed E-state index contributed by atoms with van der Waals surface area (Å²) in [6, 6.07) is 24.8. The summed E-state index contributed by atoms with van der Waals surface area (Å²) in [6.45, 7) is 8.94. The van der Waals surface area contributed by atoms with Crippen LogP contribution in [-0.2, 0) is 26.0 Å². The number of amides is 1. The average Bonchev–Trinajstić information content (AvgIpc) is 2.97. The van der Waals surface area contributed by atoms with Crippen LogP contribution in [0.3, 0.4) is 0 Å². The number of hydrogen-bond acceptors (Lipinski definition) is 5. The molecule has 0 radical (unpaired) electrons. The lowest BCUT2D eigenvalue weighted by atomic mass is 9.88. The zero-order chi connectivity index (χ0) is 29.0. The molecule has 7 nitrogen and oxygen atoms in total. The van der Waals surface area contributed by atoms with Crippen molar-refractivity contribution in [2.24, 2.45) is 0 Å². The van der Waals surface area contributed by atoms with Gasteiger partial charge in [-0.2, -0.15) is 4.31 Å². The van der Waals surface area contributed by atoms with E-state index in [2.05, 4.69) is 4.90 Å². The number of rotatable bonds is 8. The van der Waals surface area contributed by atoms with Crippen molar-refractivity contribution in [1.82, 2.24) is 9.21 Å². The Hall–Kier alpha value is -3.04. The van der Waals surface area contributed by atoms with E-state index >= 15 is 0 Å². The van der Waals surface area contributed by atoms with Gasteiger partial charge in [-0.3, -0.25) is 9.69 Å². The quantitative estimate of drug-likeness (QED) is 0.385. The molecule has 2 heterocycles. The molecule has 218 valence electrons. The highest BCUT2D eigenvalue weighted by Gasteiger charge is 2.47. The SMILES string of the molecule is CCN(C(=O)CN1CCC2(CC1)CN(S(=O)(=O)c1ccc(C)cc1)[C@H](Cc1ccccc1)CO2)c1cccc(C)c1. The van der Waals surface area contributed by atoms with Gasteiger partial charge < -0.3 is 9.64 Å². The Balaban J connectivity index is 1.30. The normalized spacial score (nSPS) is 19.7. The lowest BCUT2D eigenvalue weighted by Crippen LogP contribution is -2.62. The van der Waals surface area contributed by atoms with Gasteiger partial charge in [0.1, 0.15) is 0 Å². The lowest BCUT2D eigenvalue weighted by molar-refractivity contribution is -0.140. The molecular weight excluding hydrogens is 534 g/mol. The fourth-order valence-electron chi connectivity index (χ4n) is 5.99. The van der Waals surface area contributed by atoms with Gasteiger partial charge >= 0.3 is 0 Å². The van der Waals surface area contributed by atoms with Crippen LogP contribution in [0.1, 0.15) is 36.5 Å². The smallest absolute Gasteiger partial charge is 0.243 e. The second kappa shape index (κ2) is 12.4. The molecule has 5 rings (SSSR count). The van der Waals surface area contributed by atoms with E-state index in [0.717, 1.165) is 22.4 Å². The van der Waals surface area contributed by atoms with Gasteiger partial charge in [0.15, 0.2) is 0 Å². The third-order valence-electron chi connectivity index (χ3n) is 8.43. The zero-order valence-electron chi connectivity index (χ0n) is 24.3. The Morgan fingerprint density at radius 1 is 0.951 bits per heavy atom. The topological polar surface area (TPSA) is 70.2 Å². The summed E-state index contributed by atoms with van der Waals surface area (Å²) in [7, 11) is -3.73. The second-order valence-electron chi connectivity index (χ2n) is 11.5. The Morgan fingerprint density at radius 2 is 1.66 bits per heavy atom. The first-order valence-electron chi connectivity index (χ1n) is 14.5. The van der Waals surface area contributed by atoms with E-state index in [9.17, 15) is 13.2 Å². The number of piperidine rings is 1. The van der Waals surface area contributed by atoms with Crippen molar-refractivity contribution in [3.05, 3.63) is 95.6 Å². The number of nitrogens with zero attached hydrogens (tertiary/aromatic N) is 3. The first kappa shape index (κ1) is 29.5. The van der Waals surface area contributed by atoms with Crippen LogP contribution in [0.25, 0.3) is 0 Å². The molecule has 2 aliphatic rings. The van der Waals surface area contributed by atoms with Gasteiger partial charge in [0.05, 0.1) is 29.7 Å². The summed E-state index contributed by atoms with van der Waals surface area (Å²) in [5.41, 5.74) is 3.59. The Labute approximate surface area is 244 Å². The third kappa shape index (κ3) is 6.72. The van der Waals surface area contributed by atoms with Crippen molar-refractivity contribution in [3.8, 4) is 0 Å². The molecule has 3 aromatic carbocycles. The average molecular weight is 576 g/mol. The van der Waals surface area contributed by atoms with Crippen molar-refractivity contribution < 1.29 is 17.9 Å². The molecule has 1 spiro atoms. The van der Waals surface area contributed by atoms with Crippen LogP contribution in [0.4, 0.5) is 5.69 Å². The minimum atomic E-state index is -3.73. The molecule has 1 amide bonds. The number of anilines is 1. The number of aryl methyl sites for hydroxylation is 2. The standard InChI is InChI=1S/C33H41N3O4S/c1-4-35(29-12-8-9-27(3)21-29)32(37)23-34-19-17-33(18-20-34)25-36(41(38,39)31-15-13-26(2)14-16-31)30(24-40-33)22-28-10-6-5-7-11-28/h5-16,21,30H,4,17-20,22-25H2,1-3H3/t30-/m1/s1. The molecule has 0 aromatic heterocycles. The summed E-state index contributed by atoms with van der Waals surface area (Å²) in [5, 5.41) is 0. The first-order valence-corrected chi connectivity index (χ1v) is 16.0. The van der Waals surface area contributed by atoms with Crippen molar-refractivity contribution in [2.75, 3.05) is 44.2 Å². The second-order valence-corrected chi connectivity index (χ2v) is 13.3. The molecular formula is C33H41N3O4S. The largest absolute Gasteiger partial charge is 0.372 e. The molecule has 2 aliphatic heterocycles. The number of carbonyl (C=O) groups excluding carboxylic acids is 1. The number of morpholine rings is 1. The Morgan fingerprint density at radius 3 is 2.32 bits per heavy atom. The molecule has 2 saturated heterocycles. The fraction of sp³-hybridized carbons (Fsp3) is 0.424. The van der Waals surface area contributed by atoms with E-state index in [-0.39, 0.29) is 11.9 Å². The van der Waals surface area contributed by atoms with Gasteiger partial charge in [-0.25, -0.2) is 8.42 Å². The fourth-order valence-corrected chi connectivity index (χ4v) is 7.67. The molecule has 1 atom stereocenters. The van der Waals surface area contributed by atoms with Crippen molar-refractivity contribution in [1.29, 1.82) is 0 Å². The Bertz CT molecular complexity index is 1430. The molecule has 3 aromatic rings. The maximum absolute atomic E-state index is 14.0. The maximum atomic E-state index is 14.0. The van der Waals surface area contributed by atoms with E-state index in [1.165, 1.54) is 0 Å². The highest BCUT2D eigenvalue weighted by atomic mass is 32.2. The van der Waals surface area contributed by atoms with Gasteiger partial charge in [0.2, 0.25) is 15.9 Å². The molecule has 8 heteroatoms. The monoisotopic (exact) mass is 575 g/mol. The zero-order valence-corrected chi connectivity index (χ0v) is 25.1. The predicted octanol–water partition coefficient (Wildman–Crippen LogP) is 4.82. The summed E-state index contributed by atoms with van der Waals surface area (Å²) in [5.74, 6) is 0.0742. The number of likely N-dealkylation sites (N-methyl/N-ethyl adjacent to an activating group) is 1. The Kier molecular flexibility index (Phi) is 8.94. The van der Waals surface area contributed by atoms with Crippen molar-refractivity contribution in [3.63, 3.8) is 0 Å². The van der Waals surface area contributed by atoms with E-state index < -0.39 is 15.6 Å². The van der Waals surface area contributed by atoms with Crippen LogP contribution in [0, 0.1) is 13.8 Å². The van der Waals surface area contributed by atoms with Crippen LogP contribution >= 0.6 is 0 Å². The lowest BCUT2D eigenvalue weighted by Gasteiger charge is -2.49. The number of sulfonamides is 1. The molecule has 0 unspecified atom stereocenters. The number of ether oxygens (including phenoxy) is 1. The molecule has 41 heavy (non-hydrogen) atoms. The van der Waals surface area contributed by atoms with Gasteiger partial charge in [-0.05, 0) is 75.4 Å². The van der Waals surface area contributed by atoms with Crippen LogP contribution in [-0.4, -0.2) is 74.5 Å². The van der Waals surface area contributed by atoms with E-state index in [4.69, 9.17) is 4.74 Å². The van der Waals surface area contributed by atoms with E-state index in [0.29, 0.717) is 63.5 Å². The number of likely N-dealkylation sites (tertiary alicyclic amines) is 1. The van der Waals surface area contributed by atoms with Gasteiger partial charge in [0.25, 0.3) is 0 Å². The summed E-state index contributed by atoms with van der Waals surface area (Å²) >= 11 is 0. The van der Waals surface area contributed by atoms with Gasteiger partial charge in [-0.1, -0.05) is 60.2 Å². The summed E-state index contributed by atoms with van der Waals surface area (Å²) < 4.78 is 36.3. The first-order chi connectivity index (χ1) is 19.7. The maximum Gasteiger partial charge on any atom is 0.243 e. The van der Waals surface area contributed by atoms with Crippen LogP contribution in [0.2, 0.25) is 0 Å². The number of hydrogen-bond donors (Lipinski definition) is 0. The van der Waals surface area contributed by atoms with Gasteiger partial charge in [0, 0.05) is 31.9 Å². The highest BCUT2D eigenvalue weighted by molar-refractivity contribution is 7.89. The van der Waals surface area contributed by atoms with Crippen LogP contribution < -0.4 is 4.90 Å². The van der Waals surface area contributed by atoms with Crippen molar-refractivity contribution in [2.45, 2.75) is 56.6 Å². The molecule has 0 N–H and O–H groups in total. The van der Waals surface area contributed by atoms with E-state index in [1.807, 2.05) is 92.4 Å².